The van der Waals surface area contributed by atoms with E-state index in [1.165, 1.54) is 12.0 Å². The second-order valence-electron chi connectivity index (χ2n) is 3.32. The second-order valence-corrected chi connectivity index (χ2v) is 3.32. The Labute approximate surface area is 73.0 Å². The Hall–Kier alpha value is -0.860. The van der Waals surface area contributed by atoms with Gasteiger partial charge >= 0.3 is 0 Å². The van der Waals surface area contributed by atoms with Crippen LogP contribution in [0.3, 0.4) is 0 Å². The quantitative estimate of drug-likeness (QED) is 0.676. The average Bonchev–Trinajstić information content (AvgIpc) is 2.59. The van der Waals surface area contributed by atoms with Crippen LogP contribution in [-0.4, -0.2) is 13.1 Å². The molecule has 0 bridgehead atoms. The maximum atomic E-state index is 3.14. The lowest BCUT2D eigenvalue weighted by Crippen LogP contribution is -2.21. The Morgan fingerprint density at radius 1 is 1.08 bits per heavy atom. The van der Waals surface area contributed by atoms with Crippen LogP contribution in [0.1, 0.15) is 5.56 Å². The molecule has 64 valence electrons. The van der Waals surface area contributed by atoms with Crippen LogP contribution in [-0.2, 0) is 6.42 Å². The van der Waals surface area contributed by atoms with Gasteiger partial charge in [-0.3, -0.25) is 10.9 Å². The molecule has 0 atom stereocenters. The highest BCUT2D eigenvalue weighted by Gasteiger charge is 2.13. The number of benzene rings is 1. The molecular weight excluding hydrogens is 148 g/mol. The maximum absolute atomic E-state index is 3.14. The van der Waals surface area contributed by atoms with Crippen LogP contribution in [0.4, 0.5) is 0 Å². The van der Waals surface area contributed by atoms with Crippen LogP contribution in [0.15, 0.2) is 30.3 Å². The summed E-state index contributed by atoms with van der Waals surface area (Å²) in [5, 5.41) is 0. The van der Waals surface area contributed by atoms with Crippen molar-refractivity contribution >= 4 is 0 Å². The number of hydrogen-bond acceptors (Lipinski definition) is 2. The minimum absolute atomic E-state index is 0.757. The minimum atomic E-state index is 0.757. The van der Waals surface area contributed by atoms with Crippen molar-refractivity contribution in [3.63, 3.8) is 0 Å². The number of hydrazine groups is 1. The summed E-state index contributed by atoms with van der Waals surface area (Å²) in [5.41, 5.74) is 7.72. The highest BCUT2D eigenvalue weighted by Crippen LogP contribution is 2.08. The monoisotopic (exact) mass is 162 g/mol. The summed E-state index contributed by atoms with van der Waals surface area (Å²) < 4.78 is 0. The van der Waals surface area contributed by atoms with Gasteiger partial charge in [0.1, 0.15) is 0 Å². The van der Waals surface area contributed by atoms with Gasteiger partial charge in [0, 0.05) is 13.1 Å². The van der Waals surface area contributed by atoms with E-state index in [-0.39, 0.29) is 0 Å². The van der Waals surface area contributed by atoms with Crippen molar-refractivity contribution in [1.29, 1.82) is 0 Å². The lowest BCUT2D eigenvalue weighted by atomic mass is 10.0. The molecule has 1 aromatic rings. The van der Waals surface area contributed by atoms with Gasteiger partial charge < -0.3 is 0 Å². The average molecular weight is 162 g/mol. The molecule has 2 rings (SSSR count). The lowest BCUT2D eigenvalue weighted by molar-refractivity contribution is 0.608. The van der Waals surface area contributed by atoms with Gasteiger partial charge in [0.2, 0.25) is 0 Å². The van der Waals surface area contributed by atoms with E-state index in [2.05, 4.69) is 41.2 Å². The third-order valence-corrected chi connectivity index (χ3v) is 2.27. The van der Waals surface area contributed by atoms with Crippen molar-refractivity contribution in [2.45, 2.75) is 6.42 Å². The molecule has 1 aliphatic rings. The van der Waals surface area contributed by atoms with Crippen LogP contribution >= 0.6 is 0 Å². The fraction of sp³-hybridized carbons (Fsp3) is 0.400. The van der Waals surface area contributed by atoms with E-state index in [9.17, 15) is 0 Å². The van der Waals surface area contributed by atoms with E-state index in [1.807, 2.05) is 0 Å². The van der Waals surface area contributed by atoms with Crippen LogP contribution in [0.2, 0.25) is 0 Å². The van der Waals surface area contributed by atoms with E-state index in [0.29, 0.717) is 0 Å². The summed E-state index contributed by atoms with van der Waals surface area (Å²) in [6.45, 7) is 2.18. The van der Waals surface area contributed by atoms with Crippen molar-refractivity contribution in [2.24, 2.45) is 5.92 Å². The number of rotatable bonds is 2. The summed E-state index contributed by atoms with van der Waals surface area (Å²) in [6, 6.07) is 10.7. The lowest BCUT2D eigenvalue weighted by Gasteiger charge is -2.05. The normalized spacial score (nSPS) is 18.3. The summed E-state index contributed by atoms with van der Waals surface area (Å²) in [4.78, 5) is 0. The fourth-order valence-corrected chi connectivity index (χ4v) is 1.60. The van der Waals surface area contributed by atoms with E-state index in [0.717, 1.165) is 19.0 Å². The molecule has 0 spiro atoms. The minimum Gasteiger partial charge on any atom is -0.258 e. The Kier molecular flexibility index (Phi) is 2.39. The number of hydrogen-bond donors (Lipinski definition) is 2. The summed E-state index contributed by atoms with van der Waals surface area (Å²) in [7, 11) is 0. The smallest absolute Gasteiger partial charge is 0.0144 e. The summed E-state index contributed by atoms with van der Waals surface area (Å²) in [5.74, 6) is 0.757. The fourth-order valence-electron chi connectivity index (χ4n) is 1.60. The molecule has 1 fully saturated rings. The molecule has 0 saturated carbocycles. The SMILES string of the molecule is c1ccc(CC2CNNC2)cc1. The van der Waals surface area contributed by atoms with Gasteiger partial charge in [-0.2, -0.15) is 0 Å². The first-order valence-corrected chi connectivity index (χ1v) is 4.45. The first kappa shape index (κ1) is 7.77. The van der Waals surface area contributed by atoms with Gasteiger partial charge in [-0.05, 0) is 17.9 Å². The first-order chi connectivity index (χ1) is 5.95. The topological polar surface area (TPSA) is 24.1 Å². The maximum Gasteiger partial charge on any atom is 0.0144 e. The van der Waals surface area contributed by atoms with Crippen LogP contribution in [0, 0.1) is 5.92 Å². The van der Waals surface area contributed by atoms with Gasteiger partial charge in [-0.25, -0.2) is 0 Å². The molecule has 0 radical (unpaired) electrons. The zero-order chi connectivity index (χ0) is 8.23. The Bertz CT molecular complexity index is 227. The molecule has 0 aliphatic carbocycles. The third kappa shape index (κ3) is 1.84. The summed E-state index contributed by atoms with van der Waals surface area (Å²) >= 11 is 0. The molecule has 0 aromatic heterocycles. The first-order valence-electron chi connectivity index (χ1n) is 4.45. The van der Waals surface area contributed by atoms with Crippen molar-refractivity contribution in [2.75, 3.05) is 13.1 Å². The highest BCUT2D eigenvalue weighted by atomic mass is 15.4. The molecule has 1 heterocycles. The molecule has 12 heavy (non-hydrogen) atoms. The summed E-state index contributed by atoms with van der Waals surface area (Å²) in [6.07, 6.45) is 1.18. The van der Waals surface area contributed by atoms with Gasteiger partial charge in [-0.1, -0.05) is 30.3 Å². The van der Waals surface area contributed by atoms with Gasteiger partial charge in [0.15, 0.2) is 0 Å². The molecule has 0 amide bonds. The third-order valence-electron chi connectivity index (χ3n) is 2.27. The van der Waals surface area contributed by atoms with Crippen molar-refractivity contribution in [1.82, 2.24) is 10.9 Å². The van der Waals surface area contributed by atoms with Crippen molar-refractivity contribution in [3.05, 3.63) is 35.9 Å². The van der Waals surface area contributed by atoms with Crippen LogP contribution < -0.4 is 10.9 Å². The molecule has 1 aromatic carbocycles. The molecule has 2 nitrogen and oxygen atoms in total. The van der Waals surface area contributed by atoms with E-state index in [1.54, 1.807) is 0 Å². The van der Waals surface area contributed by atoms with Crippen LogP contribution in [0.25, 0.3) is 0 Å². The molecular formula is C10H14N2. The predicted octanol–water partition coefficient (Wildman–Crippen LogP) is 0.953. The molecule has 2 N–H and O–H groups in total. The largest absolute Gasteiger partial charge is 0.258 e. The standard InChI is InChI=1S/C10H14N2/c1-2-4-9(5-3-1)6-10-7-11-12-8-10/h1-5,10-12H,6-8H2. The molecule has 1 saturated heterocycles. The zero-order valence-electron chi connectivity index (χ0n) is 7.09. The number of nitrogens with one attached hydrogen (secondary N) is 2. The van der Waals surface area contributed by atoms with Gasteiger partial charge in [0.05, 0.1) is 0 Å². The Balaban J connectivity index is 1.94. The van der Waals surface area contributed by atoms with E-state index >= 15 is 0 Å². The Morgan fingerprint density at radius 3 is 2.42 bits per heavy atom. The van der Waals surface area contributed by atoms with Gasteiger partial charge in [0.25, 0.3) is 0 Å². The highest BCUT2D eigenvalue weighted by molar-refractivity contribution is 5.15. The molecule has 1 aliphatic heterocycles. The molecule has 0 unspecified atom stereocenters. The second kappa shape index (κ2) is 3.70. The van der Waals surface area contributed by atoms with E-state index in [4.69, 9.17) is 0 Å². The van der Waals surface area contributed by atoms with Crippen molar-refractivity contribution in [3.8, 4) is 0 Å². The predicted molar refractivity (Wildman–Crippen MR) is 49.6 cm³/mol. The molecule has 2 heteroatoms. The van der Waals surface area contributed by atoms with E-state index < -0.39 is 0 Å². The van der Waals surface area contributed by atoms with Crippen LogP contribution in [0.5, 0.6) is 0 Å². The Morgan fingerprint density at radius 2 is 1.75 bits per heavy atom. The zero-order valence-corrected chi connectivity index (χ0v) is 7.09. The van der Waals surface area contributed by atoms with Gasteiger partial charge in [-0.15, -0.1) is 0 Å². The van der Waals surface area contributed by atoms with Crippen molar-refractivity contribution < 1.29 is 0 Å².